The second-order valence-corrected chi connectivity index (χ2v) is 11.1. The second-order valence-electron chi connectivity index (χ2n) is 11.1. The van der Waals surface area contributed by atoms with Gasteiger partial charge >= 0.3 is 0 Å². The Balaban J connectivity index is 1.09. The molecule has 0 atom stereocenters. The summed E-state index contributed by atoms with van der Waals surface area (Å²) in [5.74, 6) is 1.00. The summed E-state index contributed by atoms with van der Waals surface area (Å²) in [4.78, 5) is 12.1. The third-order valence-electron chi connectivity index (χ3n) is 8.88. The molecule has 2 N–H and O–H groups in total. The van der Waals surface area contributed by atoms with Crippen molar-refractivity contribution in [2.75, 3.05) is 44.7 Å². The molecule has 0 spiro atoms. The molecule has 194 valence electrons. The molecule has 37 heavy (non-hydrogen) atoms. The average Bonchev–Trinajstić information content (AvgIpc) is 3.60. The van der Waals surface area contributed by atoms with E-state index < -0.39 is 0 Å². The first-order chi connectivity index (χ1) is 18.3. The van der Waals surface area contributed by atoms with Gasteiger partial charge in [0.15, 0.2) is 0 Å². The van der Waals surface area contributed by atoms with Crippen molar-refractivity contribution in [2.45, 2.75) is 63.1 Å². The van der Waals surface area contributed by atoms with Crippen LogP contribution in [0.15, 0.2) is 36.9 Å². The van der Waals surface area contributed by atoms with Gasteiger partial charge in [0.2, 0.25) is 0 Å². The Morgan fingerprint density at radius 3 is 2.59 bits per heavy atom. The molecule has 3 fully saturated rings. The summed E-state index contributed by atoms with van der Waals surface area (Å²) < 4.78 is 7.72. The van der Waals surface area contributed by atoms with Crippen LogP contribution in [0.1, 0.15) is 55.8 Å². The number of anilines is 1. The highest BCUT2D eigenvalue weighted by Crippen LogP contribution is 2.42. The molecular formula is C29H37N7O. The first-order valence-corrected chi connectivity index (χ1v) is 14.1. The van der Waals surface area contributed by atoms with Gasteiger partial charge in [0.25, 0.3) is 0 Å². The van der Waals surface area contributed by atoms with Crippen LogP contribution in [-0.4, -0.2) is 76.1 Å². The molecule has 8 heteroatoms. The van der Waals surface area contributed by atoms with Gasteiger partial charge in [-0.2, -0.15) is 5.10 Å². The quantitative estimate of drug-likeness (QED) is 0.431. The van der Waals surface area contributed by atoms with Crippen molar-refractivity contribution >= 4 is 5.82 Å². The maximum atomic E-state index is 5.55. The molecule has 0 unspecified atom stereocenters. The molecule has 3 aromatic rings. The predicted molar refractivity (Wildman–Crippen MR) is 145 cm³/mol. The van der Waals surface area contributed by atoms with Crippen LogP contribution in [0.2, 0.25) is 0 Å². The Bertz CT molecular complexity index is 1240. The summed E-state index contributed by atoms with van der Waals surface area (Å²) >= 11 is 0. The van der Waals surface area contributed by atoms with E-state index in [-0.39, 0.29) is 0 Å². The lowest BCUT2D eigenvalue weighted by atomic mass is 9.89. The zero-order valence-corrected chi connectivity index (χ0v) is 21.5. The molecule has 1 saturated carbocycles. The van der Waals surface area contributed by atoms with Crippen molar-refractivity contribution in [1.29, 1.82) is 0 Å². The Morgan fingerprint density at radius 1 is 0.919 bits per heavy atom. The fraction of sp³-hybridized carbons (Fsp3) is 0.552. The van der Waals surface area contributed by atoms with Crippen LogP contribution in [0, 0.1) is 0 Å². The number of aromatic nitrogens is 4. The number of morpholine rings is 1. The number of piperidine rings is 1. The van der Waals surface area contributed by atoms with Gasteiger partial charge < -0.3 is 15.4 Å². The highest BCUT2D eigenvalue weighted by molar-refractivity contribution is 5.86. The van der Waals surface area contributed by atoms with E-state index in [1.807, 2.05) is 6.20 Å². The minimum absolute atomic E-state index is 0.465. The van der Waals surface area contributed by atoms with E-state index in [4.69, 9.17) is 14.8 Å². The van der Waals surface area contributed by atoms with Crippen LogP contribution in [0.25, 0.3) is 22.3 Å². The van der Waals surface area contributed by atoms with Gasteiger partial charge in [-0.05, 0) is 74.4 Å². The Hall–Kier alpha value is -2.81. The summed E-state index contributed by atoms with van der Waals surface area (Å²) in [6, 6.07) is 8.49. The third-order valence-corrected chi connectivity index (χ3v) is 8.88. The van der Waals surface area contributed by atoms with Crippen molar-refractivity contribution < 1.29 is 4.74 Å². The van der Waals surface area contributed by atoms with Crippen molar-refractivity contribution in [3.8, 4) is 22.3 Å². The Morgan fingerprint density at radius 2 is 1.76 bits per heavy atom. The molecule has 0 amide bonds. The molecule has 4 heterocycles. The van der Waals surface area contributed by atoms with Crippen LogP contribution in [0.5, 0.6) is 0 Å². The van der Waals surface area contributed by atoms with Crippen molar-refractivity contribution in [3.63, 3.8) is 0 Å². The van der Waals surface area contributed by atoms with E-state index in [2.05, 4.69) is 49.6 Å². The van der Waals surface area contributed by atoms with Crippen molar-refractivity contribution in [3.05, 3.63) is 48.2 Å². The molecule has 8 nitrogen and oxygen atoms in total. The first-order valence-electron chi connectivity index (χ1n) is 14.1. The minimum Gasteiger partial charge on any atom is -0.379 e. The lowest BCUT2D eigenvalue weighted by molar-refractivity contribution is 0.00791. The fourth-order valence-electron chi connectivity index (χ4n) is 6.75. The molecule has 2 aromatic heterocycles. The van der Waals surface area contributed by atoms with Gasteiger partial charge in [0.1, 0.15) is 12.1 Å². The van der Waals surface area contributed by atoms with Crippen LogP contribution < -0.4 is 10.6 Å². The first kappa shape index (κ1) is 23.3. The van der Waals surface area contributed by atoms with E-state index in [0.29, 0.717) is 18.1 Å². The number of nitrogens with zero attached hydrogens (tertiary/aromatic N) is 5. The zero-order chi connectivity index (χ0) is 24.6. The maximum Gasteiger partial charge on any atom is 0.137 e. The summed E-state index contributed by atoms with van der Waals surface area (Å²) in [5, 5.41) is 12.0. The predicted octanol–water partition coefficient (Wildman–Crippen LogP) is 3.89. The number of fused-ring (bicyclic) bond motifs is 3. The lowest BCUT2D eigenvalue weighted by Gasteiger charge is -2.39. The monoisotopic (exact) mass is 499 g/mol. The highest BCUT2D eigenvalue weighted by Gasteiger charge is 2.29. The molecule has 7 rings (SSSR count). The molecule has 4 aliphatic rings. The number of rotatable bonds is 5. The summed E-state index contributed by atoms with van der Waals surface area (Å²) in [7, 11) is 0. The smallest absolute Gasteiger partial charge is 0.137 e. The molecule has 2 saturated heterocycles. The summed E-state index contributed by atoms with van der Waals surface area (Å²) in [6.45, 7) is 6.06. The van der Waals surface area contributed by atoms with E-state index in [0.717, 1.165) is 70.2 Å². The topological polar surface area (TPSA) is 80.1 Å². The zero-order valence-electron chi connectivity index (χ0n) is 21.5. The van der Waals surface area contributed by atoms with Gasteiger partial charge in [-0.15, -0.1) is 0 Å². The van der Waals surface area contributed by atoms with Crippen LogP contribution in [-0.2, 0) is 11.2 Å². The van der Waals surface area contributed by atoms with E-state index in [1.54, 1.807) is 6.33 Å². The molecule has 1 aromatic carbocycles. The number of benzene rings is 1. The Kier molecular flexibility index (Phi) is 6.40. The van der Waals surface area contributed by atoms with Gasteiger partial charge in [-0.25, -0.2) is 9.97 Å². The minimum atomic E-state index is 0.465. The van der Waals surface area contributed by atoms with Crippen LogP contribution in [0.4, 0.5) is 5.82 Å². The molecule has 2 aliphatic heterocycles. The normalized spacial score (nSPS) is 24.5. The fourth-order valence-corrected chi connectivity index (χ4v) is 6.75. The maximum absolute atomic E-state index is 5.55. The molecular weight excluding hydrogens is 462 g/mol. The molecule has 0 radical (unpaired) electrons. The van der Waals surface area contributed by atoms with Gasteiger partial charge in [-0.3, -0.25) is 9.58 Å². The molecule has 2 aliphatic carbocycles. The standard InChI is InChI=1S/C29H37N7O/c1-2-21-16-27-28(26(21)15-20(1)22-17-33-36(18-22)25-7-9-30-10-8-25)29(32-19-31-27)34-23-3-5-24(6-4-23)35-11-13-37-14-12-35/h1-2,15,17-19,23-25,30H,3-14,16H2,(H,31,32,34). The SMILES string of the molecule is c1nc2c(c(NC3CCC(N4CCOCC4)CC3)n1)-c1cc(-c3cnn(C4CCNCC4)c3)ccc1C2. The van der Waals surface area contributed by atoms with Crippen molar-refractivity contribution in [1.82, 2.24) is 30.0 Å². The van der Waals surface area contributed by atoms with Crippen LogP contribution in [0.3, 0.4) is 0 Å². The largest absolute Gasteiger partial charge is 0.379 e. The van der Waals surface area contributed by atoms with Crippen LogP contribution >= 0.6 is 0 Å². The third kappa shape index (κ3) is 4.67. The van der Waals surface area contributed by atoms with Gasteiger partial charge in [0, 0.05) is 48.9 Å². The van der Waals surface area contributed by atoms with Gasteiger partial charge in [-0.1, -0.05) is 12.1 Å². The number of ether oxygens (including phenoxy) is 1. The van der Waals surface area contributed by atoms with Gasteiger partial charge in [0.05, 0.1) is 31.1 Å². The Labute approximate surface area is 218 Å². The van der Waals surface area contributed by atoms with Crippen molar-refractivity contribution in [2.24, 2.45) is 0 Å². The van der Waals surface area contributed by atoms with E-state index in [9.17, 15) is 0 Å². The average molecular weight is 500 g/mol. The number of nitrogens with one attached hydrogen (secondary N) is 2. The highest BCUT2D eigenvalue weighted by atomic mass is 16.5. The number of hydrogen-bond donors (Lipinski definition) is 2. The van der Waals surface area contributed by atoms with E-state index >= 15 is 0 Å². The molecule has 0 bridgehead atoms. The van der Waals surface area contributed by atoms with E-state index in [1.165, 1.54) is 53.5 Å². The summed E-state index contributed by atoms with van der Waals surface area (Å²) in [5.41, 5.74) is 7.34. The number of hydrogen-bond acceptors (Lipinski definition) is 7. The summed E-state index contributed by atoms with van der Waals surface area (Å²) in [6.07, 6.45) is 14.0. The second kappa shape index (κ2) is 10.2. The lowest BCUT2D eigenvalue weighted by Crippen LogP contribution is -2.46.